The summed E-state index contributed by atoms with van der Waals surface area (Å²) in [6.07, 6.45) is 7.84. The number of carbonyl (C=O) groups is 2. The van der Waals surface area contributed by atoms with Gasteiger partial charge in [0.1, 0.15) is 0 Å². The van der Waals surface area contributed by atoms with Crippen LogP contribution in [0.5, 0.6) is 0 Å². The van der Waals surface area contributed by atoms with Gasteiger partial charge in [-0.15, -0.1) is 11.8 Å². The maximum absolute atomic E-state index is 11.7. The molecule has 1 heterocycles. The van der Waals surface area contributed by atoms with Crippen LogP contribution in [-0.2, 0) is 16.1 Å². The standard InChI is InChI=1S/C27H38N2O5S2/c1-4-6-13-27(14-7-5-2)18-29(21-11-9-8-10-12-21)22-16-23(35-3)20(17-28-25(30)26(31)32)15-24(22)36(33,34)19-27/h8-12,15-16,33-34H,4-7,13-14,17-19H2,1-3H3,(H,28,30)(H,31,32). The molecule has 0 saturated carbocycles. The normalized spacial score (nSPS) is 17.1. The SMILES string of the molecule is CCCCC1(CCCC)CN(c2ccccc2)c2cc(SC)c(CNC(=O)C(=O)O)cc2S(O)(O)C1. The van der Waals surface area contributed by atoms with Crippen molar-refractivity contribution in [2.75, 3.05) is 23.5 Å². The summed E-state index contributed by atoms with van der Waals surface area (Å²) in [5, 5.41) is 11.4. The first-order valence-electron chi connectivity index (χ1n) is 12.5. The zero-order valence-corrected chi connectivity index (χ0v) is 23.0. The number of carboxylic acid groups (broad SMARTS) is 1. The summed E-state index contributed by atoms with van der Waals surface area (Å²) in [4.78, 5) is 26.2. The fraction of sp³-hybridized carbons (Fsp3) is 0.481. The molecule has 0 radical (unpaired) electrons. The molecule has 36 heavy (non-hydrogen) atoms. The molecule has 2 aromatic carbocycles. The van der Waals surface area contributed by atoms with Crippen LogP contribution < -0.4 is 10.2 Å². The number of unbranched alkanes of at least 4 members (excludes halogenated alkanes) is 2. The lowest BCUT2D eigenvalue weighted by atomic mass is 9.79. The molecular formula is C27H38N2O5S2. The van der Waals surface area contributed by atoms with Crippen LogP contribution >= 0.6 is 22.4 Å². The lowest BCUT2D eigenvalue weighted by molar-refractivity contribution is -0.150. The third-order valence-electron chi connectivity index (χ3n) is 6.83. The van der Waals surface area contributed by atoms with E-state index in [2.05, 4.69) is 24.1 Å². The average molecular weight is 535 g/mol. The summed E-state index contributed by atoms with van der Waals surface area (Å²) >= 11 is 1.48. The molecule has 0 aliphatic carbocycles. The van der Waals surface area contributed by atoms with E-state index in [1.807, 2.05) is 42.7 Å². The number of carboxylic acids is 1. The van der Waals surface area contributed by atoms with E-state index in [9.17, 15) is 18.7 Å². The minimum Gasteiger partial charge on any atom is -0.474 e. The lowest BCUT2D eigenvalue weighted by Crippen LogP contribution is -2.37. The lowest BCUT2D eigenvalue weighted by Gasteiger charge is -2.42. The van der Waals surface area contributed by atoms with E-state index in [0.29, 0.717) is 17.0 Å². The van der Waals surface area contributed by atoms with Gasteiger partial charge in [-0.05, 0) is 48.9 Å². The molecule has 0 atom stereocenters. The highest BCUT2D eigenvalue weighted by molar-refractivity contribution is 8.24. The minimum atomic E-state index is -3.17. The quantitative estimate of drug-likeness (QED) is 0.197. The van der Waals surface area contributed by atoms with Crippen LogP contribution in [0.1, 0.15) is 57.9 Å². The number of fused-ring (bicyclic) bond motifs is 1. The molecule has 198 valence electrons. The fourth-order valence-corrected chi connectivity index (χ4v) is 7.83. The van der Waals surface area contributed by atoms with Gasteiger partial charge in [0, 0.05) is 34.8 Å². The first-order chi connectivity index (χ1) is 17.2. The van der Waals surface area contributed by atoms with Crippen molar-refractivity contribution in [2.24, 2.45) is 5.41 Å². The molecule has 0 spiro atoms. The highest BCUT2D eigenvalue weighted by Crippen LogP contribution is 2.61. The summed E-state index contributed by atoms with van der Waals surface area (Å²) in [7, 11) is -3.17. The number of thioether (sulfide) groups is 1. The number of carbonyl (C=O) groups excluding carboxylic acids is 1. The number of anilines is 2. The molecule has 9 heteroatoms. The summed E-state index contributed by atoms with van der Waals surface area (Å²) in [5.74, 6) is -2.35. The molecular weight excluding hydrogens is 496 g/mol. The van der Waals surface area contributed by atoms with Gasteiger partial charge in [-0.3, -0.25) is 13.9 Å². The van der Waals surface area contributed by atoms with Crippen LogP contribution in [0.3, 0.4) is 0 Å². The van der Waals surface area contributed by atoms with Crippen LogP contribution in [0.15, 0.2) is 52.3 Å². The van der Waals surface area contributed by atoms with Crippen LogP contribution in [0.4, 0.5) is 11.4 Å². The summed E-state index contributed by atoms with van der Waals surface area (Å²) in [5.41, 5.74) is 2.15. The first kappa shape index (κ1) is 28.4. The van der Waals surface area contributed by atoms with E-state index in [1.54, 1.807) is 6.07 Å². The summed E-state index contributed by atoms with van der Waals surface area (Å²) in [6.45, 7) is 5.00. The number of amides is 1. The van der Waals surface area contributed by atoms with Crippen molar-refractivity contribution in [1.29, 1.82) is 0 Å². The maximum Gasteiger partial charge on any atom is 0.394 e. The van der Waals surface area contributed by atoms with Gasteiger partial charge in [0.15, 0.2) is 0 Å². The van der Waals surface area contributed by atoms with Gasteiger partial charge in [0.05, 0.1) is 10.6 Å². The van der Waals surface area contributed by atoms with Gasteiger partial charge in [0.25, 0.3) is 0 Å². The molecule has 1 amide bonds. The van der Waals surface area contributed by atoms with Crippen molar-refractivity contribution >= 4 is 45.6 Å². The Hall–Kier alpha value is -2.20. The largest absolute Gasteiger partial charge is 0.474 e. The van der Waals surface area contributed by atoms with Gasteiger partial charge in [-0.1, -0.05) is 57.7 Å². The van der Waals surface area contributed by atoms with E-state index in [-0.39, 0.29) is 17.7 Å². The number of nitrogens with zero attached hydrogens (tertiary/aromatic N) is 1. The van der Waals surface area contributed by atoms with E-state index in [1.165, 1.54) is 11.8 Å². The Labute approximate surface area is 220 Å². The predicted octanol–water partition coefficient (Wildman–Crippen LogP) is 6.74. The molecule has 1 aliphatic rings. The van der Waals surface area contributed by atoms with Crippen LogP contribution in [0.25, 0.3) is 0 Å². The second kappa shape index (κ2) is 12.4. The molecule has 3 rings (SSSR count). The Kier molecular flexibility index (Phi) is 9.74. The van der Waals surface area contributed by atoms with Crippen molar-refractivity contribution in [1.82, 2.24) is 5.32 Å². The highest BCUT2D eigenvalue weighted by Gasteiger charge is 2.42. The van der Waals surface area contributed by atoms with Gasteiger partial charge in [-0.2, -0.15) is 10.6 Å². The Morgan fingerprint density at radius 1 is 1.08 bits per heavy atom. The second-order valence-corrected chi connectivity index (χ2v) is 12.5. The molecule has 0 unspecified atom stereocenters. The molecule has 2 aromatic rings. The Bertz CT molecular complexity index is 1050. The molecule has 4 N–H and O–H groups in total. The topological polar surface area (TPSA) is 110 Å². The molecule has 7 nitrogen and oxygen atoms in total. The number of hydrogen-bond donors (Lipinski definition) is 4. The fourth-order valence-electron chi connectivity index (χ4n) is 4.98. The van der Waals surface area contributed by atoms with Crippen molar-refractivity contribution in [3.63, 3.8) is 0 Å². The minimum absolute atomic E-state index is 0.00768. The first-order valence-corrected chi connectivity index (χ1v) is 15.4. The maximum atomic E-state index is 11.7. The van der Waals surface area contributed by atoms with E-state index in [4.69, 9.17) is 5.11 Å². The number of nitrogens with one attached hydrogen (secondary N) is 1. The molecule has 0 aromatic heterocycles. The smallest absolute Gasteiger partial charge is 0.394 e. The van der Waals surface area contributed by atoms with Gasteiger partial charge in [0.2, 0.25) is 0 Å². The van der Waals surface area contributed by atoms with Crippen LogP contribution in [-0.4, -0.2) is 44.6 Å². The predicted molar refractivity (Wildman–Crippen MR) is 149 cm³/mol. The monoisotopic (exact) mass is 534 g/mol. The van der Waals surface area contributed by atoms with Gasteiger partial charge < -0.3 is 15.3 Å². The van der Waals surface area contributed by atoms with Crippen molar-refractivity contribution < 1.29 is 23.8 Å². The van der Waals surface area contributed by atoms with E-state index >= 15 is 0 Å². The summed E-state index contributed by atoms with van der Waals surface area (Å²) in [6, 6.07) is 13.8. The Morgan fingerprint density at radius 2 is 1.72 bits per heavy atom. The molecule has 0 fully saturated rings. The zero-order chi connectivity index (χ0) is 26.3. The van der Waals surface area contributed by atoms with E-state index < -0.39 is 22.5 Å². The third-order valence-corrected chi connectivity index (χ3v) is 9.69. The van der Waals surface area contributed by atoms with Crippen molar-refractivity contribution in [2.45, 2.75) is 68.7 Å². The Morgan fingerprint density at radius 3 is 2.28 bits per heavy atom. The number of hydrogen-bond acceptors (Lipinski definition) is 6. The summed E-state index contributed by atoms with van der Waals surface area (Å²) < 4.78 is 23.4. The van der Waals surface area contributed by atoms with Crippen molar-refractivity contribution in [3.05, 3.63) is 48.0 Å². The molecule has 0 saturated heterocycles. The Balaban J connectivity index is 2.18. The number of aliphatic carboxylic acids is 1. The number of benzene rings is 2. The zero-order valence-electron chi connectivity index (χ0n) is 21.3. The van der Waals surface area contributed by atoms with Crippen LogP contribution in [0, 0.1) is 5.41 Å². The van der Waals surface area contributed by atoms with Crippen LogP contribution in [0.2, 0.25) is 0 Å². The van der Waals surface area contributed by atoms with Gasteiger partial charge in [-0.25, -0.2) is 4.79 Å². The number of para-hydroxylation sites is 1. The number of rotatable bonds is 10. The van der Waals surface area contributed by atoms with E-state index in [0.717, 1.165) is 54.8 Å². The third kappa shape index (κ3) is 6.56. The average Bonchev–Trinajstić information content (AvgIpc) is 2.96. The molecule has 0 bridgehead atoms. The van der Waals surface area contributed by atoms with Gasteiger partial charge >= 0.3 is 11.9 Å². The second-order valence-electron chi connectivity index (χ2n) is 9.56. The highest BCUT2D eigenvalue weighted by atomic mass is 32.3. The van der Waals surface area contributed by atoms with Crippen molar-refractivity contribution in [3.8, 4) is 0 Å². The molecule has 1 aliphatic heterocycles.